The van der Waals surface area contributed by atoms with Crippen LogP contribution in [0, 0.1) is 0 Å². The van der Waals surface area contributed by atoms with Gasteiger partial charge in [-0.05, 0) is 41.8 Å². The van der Waals surface area contributed by atoms with Crippen LogP contribution in [0.4, 0.5) is 0 Å². The molecule has 5 heteroatoms. The van der Waals surface area contributed by atoms with E-state index in [1.165, 1.54) is 11.1 Å². The number of nitrogens with zero attached hydrogens (tertiary/aromatic N) is 1. The highest BCUT2D eigenvalue weighted by atomic mass is 35.5. The van der Waals surface area contributed by atoms with E-state index in [-0.39, 0.29) is 11.9 Å². The molecule has 1 aliphatic heterocycles. The van der Waals surface area contributed by atoms with Crippen molar-refractivity contribution in [1.29, 1.82) is 0 Å². The van der Waals surface area contributed by atoms with Crippen LogP contribution in [0.3, 0.4) is 0 Å². The highest BCUT2D eigenvalue weighted by molar-refractivity contribution is 6.30. The van der Waals surface area contributed by atoms with Crippen molar-refractivity contribution in [2.75, 3.05) is 32.8 Å². The quantitative estimate of drug-likeness (QED) is 0.840. The zero-order valence-corrected chi connectivity index (χ0v) is 15.8. The van der Waals surface area contributed by atoms with E-state index in [1.54, 1.807) is 24.3 Å². The van der Waals surface area contributed by atoms with Crippen molar-refractivity contribution in [3.63, 3.8) is 0 Å². The van der Waals surface area contributed by atoms with Crippen LogP contribution in [-0.4, -0.2) is 43.7 Å². The number of ether oxygens (including phenoxy) is 1. The molecular weight excluding hydrogens is 348 g/mol. The summed E-state index contributed by atoms with van der Waals surface area (Å²) in [5.74, 6) is -0.0786. The minimum absolute atomic E-state index is 0.0786. The summed E-state index contributed by atoms with van der Waals surface area (Å²) in [6, 6.07) is 15.8. The number of halogens is 1. The summed E-state index contributed by atoms with van der Waals surface area (Å²) in [6.07, 6.45) is 1.02. The van der Waals surface area contributed by atoms with E-state index in [4.69, 9.17) is 16.3 Å². The average molecular weight is 373 g/mol. The van der Waals surface area contributed by atoms with Crippen LogP contribution < -0.4 is 5.32 Å². The van der Waals surface area contributed by atoms with Crippen LogP contribution in [0.1, 0.15) is 34.5 Å². The van der Waals surface area contributed by atoms with Crippen LogP contribution in [0.25, 0.3) is 0 Å². The summed E-state index contributed by atoms with van der Waals surface area (Å²) in [7, 11) is 0. The number of morpholine rings is 1. The molecule has 2 aromatic rings. The highest BCUT2D eigenvalue weighted by Crippen LogP contribution is 2.22. The first-order valence-electron chi connectivity index (χ1n) is 9.11. The molecule has 1 unspecified atom stereocenters. The number of rotatable bonds is 6. The highest BCUT2D eigenvalue weighted by Gasteiger charge is 2.23. The Balaban J connectivity index is 1.72. The van der Waals surface area contributed by atoms with Gasteiger partial charge in [0.05, 0.1) is 19.3 Å². The molecule has 1 amide bonds. The summed E-state index contributed by atoms with van der Waals surface area (Å²) in [5, 5.41) is 3.71. The van der Waals surface area contributed by atoms with Gasteiger partial charge in [0.25, 0.3) is 5.91 Å². The maximum Gasteiger partial charge on any atom is 0.251 e. The van der Waals surface area contributed by atoms with Crippen molar-refractivity contribution in [2.24, 2.45) is 0 Å². The van der Waals surface area contributed by atoms with Gasteiger partial charge in [-0.2, -0.15) is 0 Å². The second-order valence-electron chi connectivity index (χ2n) is 6.48. The van der Waals surface area contributed by atoms with Gasteiger partial charge in [0.15, 0.2) is 0 Å². The summed E-state index contributed by atoms with van der Waals surface area (Å²) in [6.45, 7) is 5.92. The van der Waals surface area contributed by atoms with Gasteiger partial charge in [-0.15, -0.1) is 0 Å². The molecule has 1 saturated heterocycles. The molecule has 138 valence electrons. The van der Waals surface area contributed by atoms with Crippen LogP contribution >= 0.6 is 11.6 Å². The fourth-order valence-corrected chi connectivity index (χ4v) is 3.34. The summed E-state index contributed by atoms with van der Waals surface area (Å²) >= 11 is 5.90. The van der Waals surface area contributed by atoms with Gasteiger partial charge >= 0.3 is 0 Å². The van der Waals surface area contributed by atoms with Crippen LogP contribution in [-0.2, 0) is 11.2 Å². The molecule has 3 rings (SSSR count). The Hall–Kier alpha value is -1.88. The lowest BCUT2D eigenvalue weighted by atomic mass is 10.0. The van der Waals surface area contributed by atoms with Crippen LogP contribution in [0.2, 0.25) is 5.02 Å². The van der Waals surface area contributed by atoms with E-state index >= 15 is 0 Å². The first-order valence-corrected chi connectivity index (χ1v) is 9.49. The molecule has 0 bridgehead atoms. The molecule has 0 spiro atoms. The summed E-state index contributed by atoms with van der Waals surface area (Å²) < 4.78 is 5.49. The maximum absolute atomic E-state index is 12.5. The lowest BCUT2D eigenvalue weighted by Crippen LogP contribution is -2.43. The number of benzene rings is 2. The minimum atomic E-state index is -0.0786. The van der Waals surface area contributed by atoms with E-state index in [0.717, 1.165) is 32.7 Å². The van der Waals surface area contributed by atoms with Crippen molar-refractivity contribution >= 4 is 17.5 Å². The predicted octanol–water partition coefficient (Wildman–Crippen LogP) is 3.71. The number of carbonyl (C=O) groups is 1. The molecule has 4 nitrogen and oxygen atoms in total. The van der Waals surface area contributed by atoms with E-state index in [1.807, 2.05) is 0 Å². The van der Waals surface area contributed by atoms with Gasteiger partial charge in [0.1, 0.15) is 0 Å². The first-order chi connectivity index (χ1) is 12.7. The van der Waals surface area contributed by atoms with Crippen molar-refractivity contribution in [3.8, 4) is 0 Å². The number of hydrogen-bond donors (Lipinski definition) is 1. The third-order valence-electron chi connectivity index (χ3n) is 4.82. The number of hydrogen-bond acceptors (Lipinski definition) is 3. The molecule has 1 N–H and O–H groups in total. The third kappa shape index (κ3) is 4.85. The van der Waals surface area contributed by atoms with E-state index in [9.17, 15) is 4.79 Å². The predicted molar refractivity (Wildman–Crippen MR) is 105 cm³/mol. The van der Waals surface area contributed by atoms with Gasteiger partial charge in [-0.3, -0.25) is 9.69 Å². The van der Waals surface area contributed by atoms with Gasteiger partial charge in [-0.25, -0.2) is 0 Å². The van der Waals surface area contributed by atoms with E-state index in [2.05, 4.69) is 41.4 Å². The molecule has 26 heavy (non-hydrogen) atoms. The van der Waals surface area contributed by atoms with Crippen molar-refractivity contribution in [2.45, 2.75) is 19.4 Å². The van der Waals surface area contributed by atoms with Gasteiger partial charge in [-0.1, -0.05) is 42.8 Å². The molecule has 1 atom stereocenters. The zero-order valence-electron chi connectivity index (χ0n) is 15.1. The van der Waals surface area contributed by atoms with Crippen LogP contribution in [0.15, 0.2) is 48.5 Å². The number of amides is 1. The average Bonchev–Trinajstić information content (AvgIpc) is 2.70. The van der Waals surface area contributed by atoms with Crippen molar-refractivity contribution in [1.82, 2.24) is 10.2 Å². The molecule has 0 radical (unpaired) electrons. The second kappa shape index (κ2) is 9.17. The molecule has 0 aliphatic carbocycles. The molecular formula is C21H25ClN2O2. The molecule has 1 fully saturated rings. The number of carbonyl (C=O) groups excluding carboxylic acids is 1. The monoisotopic (exact) mass is 372 g/mol. The lowest BCUT2D eigenvalue weighted by molar-refractivity contribution is 0.0162. The second-order valence-corrected chi connectivity index (χ2v) is 6.91. The van der Waals surface area contributed by atoms with Crippen molar-refractivity contribution in [3.05, 3.63) is 70.2 Å². The Kier molecular flexibility index (Phi) is 6.67. The number of aryl methyl sites for hydroxylation is 1. The summed E-state index contributed by atoms with van der Waals surface area (Å²) in [4.78, 5) is 14.9. The Labute approximate surface area is 160 Å². The van der Waals surface area contributed by atoms with Crippen LogP contribution in [0.5, 0.6) is 0 Å². The third-order valence-corrected chi connectivity index (χ3v) is 5.07. The Morgan fingerprint density at radius 2 is 1.77 bits per heavy atom. The standard InChI is InChI=1S/C21H25ClN2O2/c1-2-16-3-5-17(6-4-16)20(24-11-13-26-14-12-24)15-23-21(25)18-7-9-19(22)10-8-18/h3-10,20H,2,11-15H2,1H3,(H,23,25). The SMILES string of the molecule is CCc1ccc(C(CNC(=O)c2ccc(Cl)cc2)N2CCOCC2)cc1. The van der Waals surface area contributed by atoms with Gasteiger partial charge in [0.2, 0.25) is 0 Å². The largest absolute Gasteiger partial charge is 0.379 e. The smallest absolute Gasteiger partial charge is 0.251 e. The topological polar surface area (TPSA) is 41.6 Å². The van der Waals surface area contributed by atoms with E-state index < -0.39 is 0 Å². The Morgan fingerprint density at radius 3 is 2.38 bits per heavy atom. The molecule has 1 heterocycles. The normalized spacial score (nSPS) is 16.2. The fourth-order valence-electron chi connectivity index (χ4n) is 3.22. The van der Waals surface area contributed by atoms with Gasteiger partial charge in [0, 0.05) is 30.2 Å². The molecule has 0 saturated carbocycles. The first kappa shape index (κ1) is 18.9. The minimum Gasteiger partial charge on any atom is -0.379 e. The maximum atomic E-state index is 12.5. The Morgan fingerprint density at radius 1 is 1.12 bits per heavy atom. The lowest BCUT2D eigenvalue weighted by Gasteiger charge is -2.35. The van der Waals surface area contributed by atoms with E-state index in [0.29, 0.717) is 17.1 Å². The fraction of sp³-hybridized carbons (Fsp3) is 0.381. The summed E-state index contributed by atoms with van der Waals surface area (Å²) in [5.41, 5.74) is 3.16. The van der Waals surface area contributed by atoms with Gasteiger partial charge < -0.3 is 10.1 Å². The van der Waals surface area contributed by atoms with Crippen molar-refractivity contribution < 1.29 is 9.53 Å². The molecule has 2 aromatic carbocycles. The Bertz CT molecular complexity index is 710. The molecule has 1 aliphatic rings. The zero-order chi connectivity index (χ0) is 18.4. The molecule has 0 aromatic heterocycles. The number of nitrogens with one attached hydrogen (secondary N) is 1.